The van der Waals surface area contributed by atoms with Crippen LogP contribution >= 0.6 is 11.6 Å². The molecule has 12 heavy (non-hydrogen) atoms. The maximum atomic E-state index is 9.20. The van der Waals surface area contributed by atoms with Crippen molar-refractivity contribution in [1.29, 1.82) is 0 Å². The van der Waals surface area contributed by atoms with E-state index in [0.29, 0.717) is 10.8 Å². The number of methoxy groups -OCH3 is 1. The van der Waals surface area contributed by atoms with Crippen LogP contribution < -0.4 is 0 Å². The molecule has 0 saturated heterocycles. The summed E-state index contributed by atoms with van der Waals surface area (Å²) in [6.45, 7) is 1.85. The van der Waals surface area contributed by atoms with E-state index in [2.05, 4.69) is 9.72 Å². The van der Waals surface area contributed by atoms with E-state index < -0.39 is 6.29 Å². The minimum absolute atomic E-state index is 0.392. The minimum atomic E-state index is -0.997. The number of hydrogen-bond acceptors (Lipinski definition) is 3. The highest BCUT2D eigenvalue weighted by Gasteiger charge is 2.08. The number of ether oxygens (including phenoxy) is 1. The number of aromatic nitrogens is 1. The van der Waals surface area contributed by atoms with Gasteiger partial charge in [0.05, 0.1) is 5.69 Å². The molecule has 4 heteroatoms. The fourth-order valence-corrected chi connectivity index (χ4v) is 0.937. The number of aliphatic hydroxyl groups excluding tert-OH is 1. The Kier molecular flexibility index (Phi) is 3.03. The monoisotopic (exact) mass is 187 g/mol. The summed E-state index contributed by atoms with van der Waals surface area (Å²) < 4.78 is 4.67. The molecule has 0 spiro atoms. The fraction of sp³-hybridized carbons (Fsp3) is 0.375. The summed E-state index contributed by atoms with van der Waals surface area (Å²) in [5.41, 5.74) is 1.30. The standard InChI is InChI=1S/C8H10ClNO2/c1-5-3-4-6(8(11)12-2)10-7(5)9/h3-4,8,11H,1-2H3/t8-/m1/s1. The molecule has 0 radical (unpaired) electrons. The maximum Gasteiger partial charge on any atom is 0.198 e. The number of halogens is 1. The molecule has 0 aliphatic carbocycles. The molecule has 1 atom stereocenters. The van der Waals surface area contributed by atoms with Crippen LogP contribution in [-0.4, -0.2) is 17.2 Å². The summed E-state index contributed by atoms with van der Waals surface area (Å²) in [5.74, 6) is 0. The first-order valence-corrected chi connectivity index (χ1v) is 3.87. The van der Waals surface area contributed by atoms with Gasteiger partial charge >= 0.3 is 0 Å². The Hall–Kier alpha value is -0.640. The molecule has 0 bridgehead atoms. The van der Waals surface area contributed by atoms with E-state index in [1.54, 1.807) is 12.1 Å². The molecule has 0 aliphatic heterocycles. The zero-order valence-electron chi connectivity index (χ0n) is 6.91. The van der Waals surface area contributed by atoms with Crippen molar-refractivity contribution >= 4 is 11.6 Å². The van der Waals surface area contributed by atoms with Crippen LogP contribution in [0.5, 0.6) is 0 Å². The number of pyridine rings is 1. The van der Waals surface area contributed by atoms with Crippen molar-refractivity contribution in [3.8, 4) is 0 Å². The van der Waals surface area contributed by atoms with Gasteiger partial charge in [-0.25, -0.2) is 4.98 Å². The molecule has 1 rings (SSSR count). The Morgan fingerprint density at radius 1 is 1.58 bits per heavy atom. The Bertz CT molecular complexity index is 278. The van der Waals surface area contributed by atoms with Crippen LogP contribution in [0.4, 0.5) is 0 Å². The van der Waals surface area contributed by atoms with Gasteiger partial charge in [0.2, 0.25) is 0 Å². The van der Waals surface area contributed by atoms with Gasteiger partial charge in [-0.15, -0.1) is 0 Å². The highest BCUT2D eigenvalue weighted by molar-refractivity contribution is 6.30. The van der Waals surface area contributed by atoms with Gasteiger partial charge in [-0.05, 0) is 18.6 Å². The molecule has 1 aromatic rings. The van der Waals surface area contributed by atoms with Gasteiger partial charge in [0.25, 0.3) is 0 Å². The van der Waals surface area contributed by atoms with E-state index in [9.17, 15) is 5.11 Å². The van der Waals surface area contributed by atoms with Crippen molar-refractivity contribution < 1.29 is 9.84 Å². The summed E-state index contributed by atoms with van der Waals surface area (Å²) in [6, 6.07) is 3.46. The van der Waals surface area contributed by atoms with Gasteiger partial charge in [-0.2, -0.15) is 0 Å². The number of aliphatic hydroxyl groups is 1. The van der Waals surface area contributed by atoms with E-state index >= 15 is 0 Å². The highest BCUT2D eigenvalue weighted by atomic mass is 35.5. The lowest BCUT2D eigenvalue weighted by Crippen LogP contribution is -2.02. The normalized spacial score (nSPS) is 13.0. The van der Waals surface area contributed by atoms with E-state index in [-0.39, 0.29) is 0 Å². The molecule has 1 heterocycles. The van der Waals surface area contributed by atoms with E-state index in [1.165, 1.54) is 7.11 Å². The topological polar surface area (TPSA) is 42.4 Å². The molecule has 1 aromatic heterocycles. The average Bonchev–Trinajstić information content (AvgIpc) is 2.08. The Labute approximate surface area is 76.0 Å². The predicted molar refractivity (Wildman–Crippen MR) is 46.0 cm³/mol. The Balaban J connectivity index is 2.96. The van der Waals surface area contributed by atoms with Gasteiger partial charge in [0.15, 0.2) is 6.29 Å². The lowest BCUT2D eigenvalue weighted by molar-refractivity contribution is -0.0798. The van der Waals surface area contributed by atoms with Crippen LogP contribution in [0.2, 0.25) is 5.15 Å². The molecule has 0 fully saturated rings. The Morgan fingerprint density at radius 3 is 2.75 bits per heavy atom. The summed E-state index contributed by atoms with van der Waals surface area (Å²) in [7, 11) is 1.40. The van der Waals surface area contributed by atoms with Crippen molar-refractivity contribution in [3.05, 3.63) is 28.5 Å². The van der Waals surface area contributed by atoms with Crippen LogP contribution in [-0.2, 0) is 4.74 Å². The van der Waals surface area contributed by atoms with Crippen molar-refractivity contribution in [2.75, 3.05) is 7.11 Å². The molecule has 66 valence electrons. The molecule has 1 N–H and O–H groups in total. The van der Waals surface area contributed by atoms with Crippen LogP contribution in [0.3, 0.4) is 0 Å². The van der Waals surface area contributed by atoms with E-state index in [0.717, 1.165) is 5.56 Å². The first-order chi connectivity index (χ1) is 5.65. The SMILES string of the molecule is CO[C@@H](O)c1ccc(C)c(Cl)n1. The van der Waals surface area contributed by atoms with E-state index in [4.69, 9.17) is 11.6 Å². The smallest absolute Gasteiger partial charge is 0.198 e. The summed E-state index contributed by atoms with van der Waals surface area (Å²) in [5, 5.41) is 9.59. The number of aryl methyl sites for hydroxylation is 1. The highest BCUT2D eigenvalue weighted by Crippen LogP contribution is 2.16. The molecular formula is C8H10ClNO2. The molecule has 0 aliphatic rings. The summed E-state index contributed by atoms with van der Waals surface area (Å²) in [6.07, 6.45) is -0.997. The maximum absolute atomic E-state index is 9.20. The predicted octanol–water partition coefficient (Wildman–Crippen LogP) is 1.68. The minimum Gasteiger partial charge on any atom is -0.363 e. The molecule has 3 nitrogen and oxygen atoms in total. The first-order valence-electron chi connectivity index (χ1n) is 3.49. The van der Waals surface area contributed by atoms with Gasteiger partial charge in [-0.3, -0.25) is 0 Å². The third kappa shape index (κ3) is 1.94. The fourth-order valence-electron chi connectivity index (χ4n) is 0.776. The number of hydrogen-bond donors (Lipinski definition) is 1. The second-order valence-corrected chi connectivity index (χ2v) is 2.79. The Morgan fingerprint density at radius 2 is 2.25 bits per heavy atom. The van der Waals surface area contributed by atoms with Crippen molar-refractivity contribution in [2.45, 2.75) is 13.2 Å². The third-order valence-corrected chi connectivity index (χ3v) is 1.92. The molecule has 0 amide bonds. The lowest BCUT2D eigenvalue weighted by Gasteiger charge is -2.08. The van der Waals surface area contributed by atoms with Gasteiger partial charge in [-0.1, -0.05) is 17.7 Å². The van der Waals surface area contributed by atoms with Crippen LogP contribution in [0, 0.1) is 6.92 Å². The number of nitrogens with zero attached hydrogens (tertiary/aromatic N) is 1. The average molecular weight is 188 g/mol. The quantitative estimate of drug-likeness (QED) is 0.566. The van der Waals surface area contributed by atoms with Crippen molar-refractivity contribution in [2.24, 2.45) is 0 Å². The molecule has 0 unspecified atom stereocenters. The van der Waals surface area contributed by atoms with Crippen molar-refractivity contribution in [1.82, 2.24) is 4.98 Å². The third-order valence-electron chi connectivity index (χ3n) is 1.53. The summed E-state index contributed by atoms with van der Waals surface area (Å²) >= 11 is 5.74. The molecule has 0 aromatic carbocycles. The summed E-state index contributed by atoms with van der Waals surface area (Å²) in [4.78, 5) is 3.93. The zero-order valence-corrected chi connectivity index (χ0v) is 7.67. The van der Waals surface area contributed by atoms with Crippen LogP contribution in [0.15, 0.2) is 12.1 Å². The second kappa shape index (κ2) is 3.85. The molecule has 0 saturated carbocycles. The van der Waals surface area contributed by atoms with Gasteiger partial charge < -0.3 is 9.84 Å². The van der Waals surface area contributed by atoms with Gasteiger partial charge in [0.1, 0.15) is 5.15 Å². The van der Waals surface area contributed by atoms with Crippen molar-refractivity contribution in [3.63, 3.8) is 0 Å². The zero-order chi connectivity index (χ0) is 9.14. The van der Waals surface area contributed by atoms with Crippen LogP contribution in [0.25, 0.3) is 0 Å². The van der Waals surface area contributed by atoms with Gasteiger partial charge in [0, 0.05) is 7.11 Å². The second-order valence-electron chi connectivity index (χ2n) is 2.43. The first kappa shape index (κ1) is 9.45. The van der Waals surface area contributed by atoms with E-state index in [1.807, 2.05) is 6.92 Å². The van der Waals surface area contributed by atoms with Crippen LogP contribution in [0.1, 0.15) is 17.5 Å². The largest absolute Gasteiger partial charge is 0.363 e. The number of rotatable bonds is 2. The lowest BCUT2D eigenvalue weighted by atomic mass is 10.3. The molecular weight excluding hydrogens is 178 g/mol.